The van der Waals surface area contributed by atoms with E-state index >= 15 is 0 Å². The van der Waals surface area contributed by atoms with Gasteiger partial charge in [0.2, 0.25) is 0 Å². The third kappa shape index (κ3) is 3.37. The summed E-state index contributed by atoms with van der Waals surface area (Å²) >= 11 is 0. The minimum absolute atomic E-state index is 0.0240. The summed E-state index contributed by atoms with van der Waals surface area (Å²) in [5.74, 6) is 0.0615. The van der Waals surface area contributed by atoms with Gasteiger partial charge in [0.25, 0.3) is 5.91 Å². The zero-order valence-corrected chi connectivity index (χ0v) is 17.9. The first-order valence-electron chi connectivity index (χ1n) is 10.2. The van der Waals surface area contributed by atoms with E-state index < -0.39 is 0 Å². The number of rotatable bonds is 5. The Bertz CT molecular complexity index is 1050. The number of likely N-dealkylation sites (N-methyl/N-ethyl adjacent to an activating group) is 1. The molecule has 1 fully saturated rings. The highest BCUT2D eigenvalue weighted by atomic mass is 16.2. The number of aryl methyl sites for hydroxylation is 2. The van der Waals surface area contributed by atoms with Gasteiger partial charge in [0.15, 0.2) is 0 Å². The molecule has 1 amide bonds. The molecule has 1 atom stereocenters. The quantitative estimate of drug-likeness (QED) is 0.628. The summed E-state index contributed by atoms with van der Waals surface area (Å²) in [5.41, 5.74) is 5.31. The van der Waals surface area contributed by atoms with Crippen LogP contribution in [0.3, 0.4) is 0 Å². The van der Waals surface area contributed by atoms with E-state index in [9.17, 15) is 4.79 Å². The van der Waals surface area contributed by atoms with Crippen LogP contribution in [0.4, 0.5) is 0 Å². The van der Waals surface area contributed by atoms with Crippen LogP contribution in [0.1, 0.15) is 41.9 Å². The number of carbonyl (C=O) groups excluding carboxylic acids is 1. The summed E-state index contributed by atoms with van der Waals surface area (Å²) in [6, 6.07) is 18.5. The molecule has 0 unspecified atom stereocenters. The van der Waals surface area contributed by atoms with Crippen LogP contribution < -0.4 is 0 Å². The summed E-state index contributed by atoms with van der Waals surface area (Å²) in [6.07, 6.45) is 3.09. The van der Waals surface area contributed by atoms with E-state index in [0.717, 1.165) is 35.3 Å². The number of carbonyl (C=O) groups is 1. The van der Waals surface area contributed by atoms with E-state index in [-0.39, 0.29) is 16.7 Å². The fourth-order valence-corrected chi connectivity index (χ4v) is 4.72. The maximum absolute atomic E-state index is 13.3. The second-order valence-electron chi connectivity index (χ2n) is 9.05. The molecule has 3 aromatic rings. The minimum atomic E-state index is 0.0240. The maximum Gasteiger partial charge on any atom is 0.253 e. The monoisotopic (exact) mass is 387 g/mol. The summed E-state index contributed by atoms with van der Waals surface area (Å²) in [6.45, 7) is 7.31. The Balaban J connectivity index is 1.59. The van der Waals surface area contributed by atoms with Gasteiger partial charge in [-0.2, -0.15) is 5.10 Å². The Morgan fingerprint density at radius 3 is 2.41 bits per heavy atom. The van der Waals surface area contributed by atoms with Gasteiger partial charge in [-0.25, -0.2) is 0 Å². The van der Waals surface area contributed by atoms with E-state index in [1.807, 2.05) is 67.1 Å². The van der Waals surface area contributed by atoms with Crippen LogP contribution in [0.15, 0.2) is 60.8 Å². The molecule has 2 aromatic carbocycles. The highest BCUT2D eigenvalue weighted by molar-refractivity contribution is 5.95. The lowest BCUT2D eigenvalue weighted by molar-refractivity contribution is 0.0775. The molecular formula is C25H29N3O. The largest absolute Gasteiger partial charge is 0.341 e. The number of nitrogens with zero attached hydrogens (tertiary/aromatic N) is 3. The molecule has 4 nitrogen and oxygen atoms in total. The molecule has 1 heterocycles. The summed E-state index contributed by atoms with van der Waals surface area (Å²) < 4.78 is 1.81. The van der Waals surface area contributed by atoms with Gasteiger partial charge in [-0.05, 0) is 42.0 Å². The Labute approximate surface area is 173 Å². The molecule has 4 rings (SSSR count). The van der Waals surface area contributed by atoms with Crippen LogP contribution in [0.5, 0.6) is 0 Å². The van der Waals surface area contributed by atoms with Gasteiger partial charge in [0.05, 0.1) is 5.69 Å². The van der Waals surface area contributed by atoms with Gasteiger partial charge in [-0.15, -0.1) is 0 Å². The zero-order chi connectivity index (χ0) is 20.8. The first-order chi connectivity index (χ1) is 13.7. The molecular weight excluding hydrogens is 358 g/mol. The third-order valence-electron chi connectivity index (χ3n) is 6.53. The van der Waals surface area contributed by atoms with Crippen molar-refractivity contribution >= 4 is 5.91 Å². The molecule has 29 heavy (non-hydrogen) atoms. The molecule has 1 aliphatic rings. The number of hydrogen-bond acceptors (Lipinski definition) is 2. The van der Waals surface area contributed by atoms with Crippen molar-refractivity contribution in [3.8, 4) is 11.1 Å². The average Bonchev–Trinajstić information content (AvgIpc) is 3.08. The van der Waals surface area contributed by atoms with Crippen molar-refractivity contribution < 1.29 is 4.79 Å². The van der Waals surface area contributed by atoms with Crippen LogP contribution >= 0.6 is 0 Å². The lowest BCUT2D eigenvalue weighted by Crippen LogP contribution is -2.36. The van der Waals surface area contributed by atoms with Crippen LogP contribution in [0.25, 0.3) is 11.1 Å². The van der Waals surface area contributed by atoms with Gasteiger partial charge in [-0.1, -0.05) is 56.3 Å². The molecule has 1 aromatic heterocycles. The molecule has 0 saturated heterocycles. The molecule has 150 valence electrons. The van der Waals surface area contributed by atoms with Gasteiger partial charge in [-0.3, -0.25) is 9.48 Å². The van der Waals surface area contributed by atoms with E-state index in [1.165, 1.54) is 5.56 Å². The van der Waals surface area contributed by atoms with Crippen molar-refractivity contribution in [3.63, 3.8) is 0 Å². The zero-order valence-electron chi connectivity index (χ0n) is 17.9. The average molecular weight is 388 g/mol. The second-order valence-corrected chi connectivity index (χ2v) is 9.05. The molecule has 1 aliphatic carbocycles. The predicted molar refractivity (Wildman–Crippen MR) is 117 cm³/mol. The molecule has 0 N–H and O–H groups in total. The maximum atomic E-state index is 13.3. The lowest BCUT2D eigenvalue weighted by atomic mass is 9.87. The van der Waals surface area contributed by atoms with Gasteiger partial charge < -0.3 is 4.90 Å². The molecule has 0 spiro atoms. The minimum Gasteiger partial charge on any atom is -0.341 e. The normalized spacial score (nSPS) is 19.8. The Kier molecular flexibility index (Phi) is 4.60. The first kappa shape index (κ1) is 19.4. The van der Waals surface area contributed by atoms with E-state index in [0.29, 0.717) is 0 Å². The second kappa shape index (κ2) is 6.87. The molecule has 0 bridgehead atoms. The fourth-order valence-electron chi connectivity index (χ4n) is 4.72. The van der Waals surface area contributed by atoms with Gasteiger partial charge in [0, 0.05) is 43.4 Å². The van der Waals surface area contributed by atoms with Crippen LogP contribution in [0, 0.1) is 12.3 Å². The molecule has 0 radical (unpaired) electrons. The highest BCUT2D eigenvalue weighted by Crippen LogP contribution is 2.64. The highest BCUT2D eigenvalue weighted by Gasteiger charge is 2.62. The summed E-state index contributed by atoms with van der Waals surface area (Å²) in [5, 5.41) is 4.42. The van der Waals surface area contributed by atoms with Gasteiger partial charge in [0.1, 0.15) is 0 Å². The smallest absolute Gasteiger partial charge is 0.253 e. The standard InChI is InChI=1S/C25H29N3O/c1-18-22(15-28(5)26-18)19-10-9-11-20(14-19)23(29)27(4)17-25(16-24(25,2)3)21-12-7-6-8-13-21/h6-15H,16-17H2,1-5H3/t25-/m0/s1. The molecule has 1 saturated carbocycles. The SMILES string of the molecule is Cc1nn(C)cc1-c1cccc(C(=O)N(C)C[C@]2(c3ccccc3)CC2(C)C)c1. The molecule has 0 aliphatic heterocycles. The Hall–Kier alpha value is -2.88. The molecule has 4 heteroatoms. The predicted octanol–water partition coefficient (Wildman–Crippen LogP) is 4.84. The number of amides is 1. The number of benzene rings is 2. The number of hydrogen-bond donors (Lipinski definition) is 0. The lowest BCUT2D eigenvalue weighted by Gasteiger charge is -2.28. The van der Waals surface area contributed by atoms with E-state index in [2.05, 4.69) is 43.2 Å². The van der Waals surface area contributed by atoms with Crippen LogP contribution in [-0.2, 0) is 12.5 Å². The summed E-state index contributed by atoms with van der Waals surface area (Å²) in [4.78, 5) is 15.2. The Morgan fingerprint density at radius 1 is 1.14 bits per heavy atom. The van der Waals surface area contributed by atoms with Crippen molar-refractivity contribution in [2.24, 2.45) is 12.5 Å². The topological polar surface area (TPSA) is 38.1 Å². The van der Waals surface area contributed by atoms with E-state index in [4.69, 9.17) is 0 Å². The van der Waals surface area contributed by atoms with Crippen molar-refractivity contribution in [1.82, 2.24) is 14.7 Å². The van der Waals surface area contributed by atoms with Crippen molar-refractivity contribution in [3.05, 3.63) is 77.6 Å². The third-order valence-corrected chi connectivity index (χ3v) is 6.53. The first-order valence-corrected chi connectivity index (χ1v) is 10.2. The van der Waals surface area contributed by atoms with Gasteiger partial charge >= 0.3 is 0 Å². The van der Waals surface area contributed by atoms with Crippen LogP contribution in [-0.4, -0.2) is 34.2 Å². The fraction of sp³-hybridized carbons (Fsp3) is 0.360. The van der Waals surface area contributed by atoms with Crippen molar-refractivity contribution in [2.75, 3.05) is 13.6 Å². The Morgan fingerprint density at radius 2 is 1.83 bits per heavy atom. The van der Waals surface area contributed by atoms with Crippen molar-refractivity contribution in [2.45, 2.75) is 32.6 Å². The van der Waals surface area contributed by atoms with Crippen LogP contribution in [0.2, 0.25) is 0 Å². The van der Waals surface area contributed by atoms with Crippen molar-refractivity contribution in [1.29, 1.82) is 0 Å². The van der Waals surface area contributed by atoms with E-state index in [1.54, 1.807) is 0 Å². The summed E-state index contributed by atoms with van der Waals surface area (Å²) in [7, 11) is 3.84. The number of aromatic nitrogens is 2.